The lowest BCUT2D eigenvalue weighted by Gasteiger charge is -2.15. The quantitative estimate of drug-likeness (QED) is 0.916. The van der Waals surface area contributed by atoms with Gasteiger partial charge in [0, 0.05) is 30.5 Å². The lowest BCUT2D eigenvalue weighted by Crippen LogP contribution is -2.26. The summed E-state index contributed by atoms with van der Waals surface area (Å²) in [5, 5.41) is 2.50. The van der Waals surface area contributed by atoms with Crippen molar-refractivity contribution in [2.24, 2.45) is 5.73 Å². The molecular weight excluding hydrogens is 248 g/mol. The molecule has 0 aliphatic heterocycles. The zero-order valence-corrected chi connectivity index (χ0v) is 11.0. The van der Waals surface area contributed by atoms with Gasteiger partial charge in [0.05, 0.1) is 6.04 Å². The number of nitrogens with zero attached hydrogens (tertiary/aromatic N) is 3. The van der Waals surface area contributed by atoms with E-state index in [1.165, 1.54) is 11.3 Å². The predicted octanol–water partition coefficient (Wildman–Crippen LogP) is 1.83. The molecule has 1 amide bonds. The number of hydrogen-bond donors (Lipinski definition) is 1. The molecule has 0 saturated heterocycles. The Morgan fingerprint density at radius 1 is 1.44 bits per heavy atom. The van der Waals surface area contributed by atoms with Crippen LogP contribution in [-0.2, 0) is 0 Å². The Labute approximate surface area is 109 Å². The van der Waals surface area contributed by atoms with Crippen LogP contribution in [0.3, 0.4) is 0 Å². The first-order valence-electron chi connectivity index (χ1n) is 5.48. The van der Waals surface area contributed by atoms with Crippen LogP contribution in [0.25, 0.3) is 0 Å². The number of hydrogen-bond acceptors (Lipinski definition) is 5. The molecule has 18 heavy (non-hydrogen) atoms. The molecule has 94 valence electrons. The third kappa shape index (κ3) is 2.55. The molecule has 2 N–H and O–H groups in total. The third-order valence-corrected chi connectivity index (χ3v) is 3.53. The van der Waals surface area contributed by atoms with Crippen molar-refractivity contribution in [3.05, 3.63) is 40.6 Å². The Balaban J connectivity index is 2.20. The zero-order valence-electron chi connectivity index (χ0n) is 10.2. The summed E-state index contributed by atoms with van der Waals surface area (Å²) in [6.07, 6.45) is 3.29. The van der Waals surface area contributed by atoms with E-state index in [1.54, 1.807) is 41.9 Å². The van der Waals surface area contributed by atoms with Crippen molar-refractivity contribution in [2.45, 2.75) is 13.0 Å². The minimum Gasteiger partial charge on any atom is -0.322 e. The number of anilines is 1. The molecule has 0 saturated carbocycles. The molecule has 0 fully saturated rings. The van der Waals surface area contributed by atoms with Crippen molar-refractivity contribution < 1.29 is 4.79 Å². The first-order valence-corrected chi connectivity index (χ1v) is 6.36. The third-order valence-electron chi connectivity index (χ3n) is 2.49. The van der Waals surface area contributed by atoms with Crippen LogP contribution in [0.15, 0.2) is 29.9 Å². The minimum atomic E-state index is -0.150. The SMILES string of the molecule is CC(N)c1nc(C(=O)N(C)c2ccncc2)cs1. The van der Waals surface area contributed by atoms with Crippen molar-refractivity contribution in [3.63, 3.8) is 0 Å². The van der Waals surface area contributed by atoms with E-state index in [0.29, 0.717) is 5.69 Å². The molecule has 2 rings (SSSR count). The molecule has 6 heteroatoms. The summed E-state index contributed by atoms with van der Waals surface area (Å²) in [5.74, 6) is -0.149. The van der Waals surface area contributed by atoms with E-state index >= 15 is 0 Å². The fourth-order valence-corrected chi connectivity index (χ4v) is 2.20. The number of carbonyl (C=O) groups excluding carboxylic acids is 1. The number of aromatic nitrogens is 2. The smallest absolute Gasteiger partial charge is 0.277 e. The molecule has 2 heterocycles. The molecule has 0 radical (unpaired) electrons. The molecule has 0 spiro atoms. The average Bonchev–Trinajstić information content (AvgIpc) is 2.88. The molecule has 0 bridgehead atoms. The lowest BCUT2D eigenvalue weighted by molar-refractivity contribution is 0.0988. The summed E-state index contributed by atoms with van der Waals surface area (Å²) in [4.78, 5) is 21.9. The van der Waals surface area contributed by atoms with Crippen LogP contribution in [-0.4, -0.2) is 22.9 Å². The number of rotatable bonds is 3. The van der Waals surface area contributed by atoms with Gasteiger partial charge in [-0.05, 0) is 19.1 Å². The molecule has 0 aromatic carbocycles. The first kappa shape index (κ1) is 12.7. The molecule has 1 atom stereocenters. The van der Waals surface area contributed by atoms with Crippen LogP contribution in [0.2, 0.25) is 0 Å². The second-order valence-corrected chi connectivity index (χ2v) is 4.82. The largest absolute Gasteiger partial charge is 0.322 e. The zero-order chi connectivity index (χ0) is 13.1. The van der Waals surface area contributed by atoms with Gasteiger partial charge in [-0.25, -0.2) is 4.98 Å². The van der Waals surface area contributed by atoms with Gasteiger partial charge in [0.25, 0.3) is 5.91 Å². The van der Waals surface area contributed by atoms with Gasteiger partial charge in [0.1, 0.15) is 10.7 Å². The van der Waals surface area contributed by atoms with E-state index in [1.807, 2.05) is 6.92 Å². The molecule has 5 nitrogen and oxygen atoms in total. The van der Waals surface area contributed by atoms with Crippen LogP contribution in [0.5, 0.6) is 0 Å². The van der Waals surface area contributed by atoms with E-state index in [4.69, 9.17) is 5.73 Å². The van der Waals surface area contributed by atoms with E-state index in [9.17, 15) is 4.79 Å². The van der Waals surface area contributed by atoms with Crippen LogP contribution < -0.4 is 10.6 Å². The van der Waals surface area contributed by atoms with E-state index in [2.05, 4.69) is 9.97 Å². The summed E-state index contributed by atoms with van der Waals surface area (Å²) in [5.41, 5.74) is 6.93. The van der Waals surface area contributed by atoms with Gasteiger partial charge in [0.15, 0.2) is 0 Å². The predicted molar refractivity (Wildman–Crippen MR) is 71.7 cm³/mol. The van der Waals surface area contributed by atoms with Gasteiger partial charge in [-0.2, -0.15) is 0 Å². The highest BCUT2D eigenvalue weighted by Gasteiger charge is 2.17. The van der Waals surface area contributed by atoms with E-state index in [0.717, 1.165) is 10.7 Å². The van der Waals surface area contributed by atoms with Crippen molar-refractivity contribution in [3.8, 4) is 0 Å². The number of thiazole rings is 1. The van der Waals surface area contributed by atoms with Crippen LogP contribution >= 0.6 is 11.3 Å². The highest BCUT2D eigenvalue weighted by Crippen LogP contribution is 2.19. The topological polar surface area (TPSA) is 72.1 Å². The van der Waals surface area contributed by atoms with E-state index in [-0.39, 0.29) is 11.9 Å². The second kappa shape index (κ2) is 5.24. The Hall–Kier alpha value is -1.79. The van der Waals surface area contributed by atoms with Crippen LogP contribution in [0.4, 0.5) is 5.69 Å². The molecular formula is C12H14N4OS. The van der Waals surface area contributed by atoms with Crippen LogP contribution in [0, 0.1) is 0 Å². The summed E-state index contributed by atoms with van der Waals surface area (Å²) in [7, 11) is 1.71. The maximum absolute atomic E-state index is 12.2. The maximum atomic E-state index is 12.2. The lowest BCUT2D eigenvalue weighted by atomic mass is 10.3. The average molecular weight is 262 g/mol. The molecule has 0 aliphatic carbocycles. The molecule has 2 aromatic rings. The van der Waals surface area contributed by atoms with Gasteiger partial charge in [-0.15, -0.1) is 11.3 Å². The number of nitrogens with two attached hydrogens (primary N) is 1. The highest BCUT2D eigenvalue weighted by atomic mass is 32.1. The number of carbonyl (C=O) groups is 1. The number of pyridine rings is 1. The normalized spacial score (nSPS) is 12.2. The minimum absolute atomic E-state index is 0.149. The number of amides is 1. The van der Waals surface area contributed by atoms with Gasteiger partial charge >= 0.3 is 0 Å². The Morgan fingerprint density at radius 3 is 2.67 bits per heavy atom. The van der Waals surface area contributed by atoms with Gasteiger partial charge < -0.3 is 10.6 Å². The van der Waals surface area contributed by atoms with Crippen LogP contribution in [0.1, 0.15) is 28.5 Å². The summed E-state index contributed by atoms with van der Waals surface area (Å²) < 4.78 is 0. The summed E-state index contributed by atoms with van der Waals surface area (Å²) in [6.45, 7) is 1.85. The standard InChI is InChI=1S/C12H14N4OS/c1-8(13)11-15-10(7-18-11)12(17)16(2)9-3-5-14-6-4-9/h3-8H,13H2,1-2H3. The van der Waals surface area contributed by atoms with Crippen molar-refractivity contribution in [1.82, 2.24) is 9.97 Å². The second-order valence-electron chi connectivity index (χ2n) is 3.93. The fraction of sp³-hybridized carbons (Fsp3) is 0.250. The van der Waals surface area contributed by atoms with Gasteiger partial charge in [0.2, 0.25) is 0 Å². The first-order chi connectivity index (χ1) is 8.59. The van der Waals surface area contributed by atoms with Gasteiger partial charge in [-0.1, -0.05) is 0 Å². The summed E-state index contributed by atoms with van der Waals surface area (Å²) in [6, 6.07) is 3.40. The molecule has 1 unspecified atom stereocenters. The summed E-state index contributed by atoms with van der Waals surface area (Å²) >= 11 is 1.40. The fourth-order valence-electron chi connectivity index (χ4n) is 1.45. The monoisotopic (exact) mass is 262 g/mol. The van der Waals surface area contributed by atoms with Crippen molar-refractivity contribution in [1.29, 1.82) is 0 Å². The van der Waals surface area contributed by atoms with Crippen molar-refractivity contribution >= 4 is 22.9 Å². The Kier molecular flexibility index (Phi) is 3.69. The maximum Gasteiger partial charge on any atom is 0.277 e. The highest BCUT2D eigenvalue weighted by molar-refractivity contribution is 7.09. The van der Waals surface area contributed by atoms with E-state index < -0.39 is 0 Å². The molecule has 2 aromatic heterocycles. The Bertz CT molecular complexity index is 538. The van der Waals surface area contributed by atoms with Crippen molar-refractivity contribution in [2.75, 3.05) is 11.9 Å². The molecule has 0 aliphatic rings. The Morgan fingerprint density at radius 2 is 2.11 bits per heavy atom. The van der Waals surface area contributed by atoms with Gasteiger partial charge in [-0.3, -0.25) is 9.78 Å².